The number of epoxide rings is 1. The Bertz CT molecular complexity index is 563. The van der Waals surface area contributed by atoms with E-state index in [9.17, 15) is 9.59 Å². The molecule has 0 aromatic rings. The molecular weight excluding hydrogens is 284 g/mol. The lowest BCUT2D eigenvalue weighted by molar-refractivity contribution is -0.147. The van der Waals surface area contributed by atoms with Crippen molar-refractivity contribution in [1.82, 2.24) is 0 Å². The molecule has 0 unspecified atom stereocenters. The van der Waals surface area contributed by atoms with E-state index in [0.29, 0.717) is 12.0 Å². The van der Waals surface area contributed by atoms with E-state index in [4.69, 9.17) is 14.2 Å². The Morgan fingerprint density at radius 1 is 1.50 bits per heavy atom. The minimum Gasteiger partial charge on any atom is -0.458 e. The number of fused-ring (bicyclic) bond motifs is 2. The highest BCUT2D eigenvalue weighted by molar-refractivity contribution is 5.91. The van der Waals surface area contributed by atoms with Crippen LogP contribution in [0.2, 0.25) is 0 Å². The zero-order chi connectivity index (χ0) is 16.1. The average molecular weight is 306 g/mol. The molecule has 0 bridgehead atoms. The topological polar surface area (TPSA) is 65.1 Å². The zero-order valence-electron chi connectivity index (χ0n) is 13.3. The van der Waals surface area contributed by atoms with Crippen molar-refractivity contribution >= 4 is 11.9 Å². The van der Waals surface area contributed by atoms with E-state index >= 15 is 0 Å². The molecule has 3 aliphatic rings. The van der Waals surface area contributed by atoms with Crippen LogP contribution in [0.4, 0.5) is 0 Å². The van der Waals surface area contributed by atoms with E-state index in [-0.39, 0.29) is 29.7 Å². The van der Waals surface area contributed by atoms with Gasteiger partial charge in [-0.1, -0.05) is 12.2 Å². The van der Waals surface area contributed by atoms with Crippen LogP contribution in [-0.2, 0) is 23.8 Å². The predicted molar refractivity (Wildman–Crippen MR) is 79.0 cm³/mol. The highest BCUT2D eigenvalue weighted by atomic mass is 16.6. The normalized spacial score (nSPS) is 43.3. The van der Waals surface area contributed by atoms with Crippen molar-refractivity contribution in [2.45, 2.75) is 63.9 Å². The number of carbonyl (C=O) groups excluding carboxylic acids is 2. The summed E-state index contributed by atoms with van der Waals surface area (Å²) in [5.74, 6) is -1.12. The van der Waals surface area contributed by atoms with Gasteiger partial charge in [0.15, 0.2) is 0 Å². The Morgan fingerprint density at radius 2 is 2.23 bits per heavy atom. The van der Waals surface area contributed by atoms with Gasteiger partial charge in [0.25, 0.3) is 0 Å². The number of carbonyl (C=O) groups is 2. The largest absolute Gasteiger partial charge is 0.458 e. The summed E-state index contributed by atoms with van der Waals surface area (Å²) >= 11 is 0. The van der Waals surface area contributed by atoms with Gasteiger partial charge in [-0.05, 0) is 32.8 Å². The molecule has 2 saturated heterocycles. The summed E-state index contributed by atoms with van der Waals surface area (Å²) in [4.78, 5) is 23.4. The first-order valence-electron chi connectivity index (χ1n) is 7.72. The van der Waals surface area contributed by atoms with E-state index in [2.05, 4.69) is 6.58 Å². The molecule has 2 fully saturated rings. The molecule has 5 nitrogen and oxygen atoms in total. The van der Waals surface area contributed by atoms with Gasteiger partial charge in [-0.3, -0.25) is 4.79 Å². The van der Waals surface area contributed by atoms with Gasteiger partial charge in [0.05, 0.1) is 17.6 Å². The third kappa shape index (κ3) is 2.70. The lowest BCUT2D eigenvalue weighted by Gasteiger charge is -2.27. The smallest absolute Gasteiger partial charge is 0.334 e. The fraction of sp³-hybridized carbons (Fsp3) is 0.647. The van der Waals surface area contributed by atoms with E-state index in [0.717, 1.165) is 18.4 Å². The molecule has 0 radical (unpaired) electrons. The zero-order valence-corrected chi connectivity index (χ0v) is 13.3. The van der Waals surface area contributed by atoms with Crippen molar-refractivity contribution in [2.75, 3.05) is 0 Å². The van der Waals surface area contributed by atoms with Crippen molar-refractivity contribution in [2.24, 2.45) is 5.92 Å². The minimum atomic E-state index is -0.514. The maximum absolute atomic E-state index is 12.0. The van der Waals surface area contributed by atoms with Gasteiger partial charge < -0.3 is 14.2 Å². The van der Waals surface area contributed by atoms with Crippen LogP contribution in [0.5, 0.6) is 0 Å². The highest BCUT2D eigenvalue weighted by Gasteiger charge is 2.57. The van der Waals surface area contributed by atoms with Crippen LogP contribution in [0.15, 0.2) is 23.8 Å². The second kappa shape index (κ2) is 5.23. The van der Waals surface area contributed by atoms with Gasteiger partial charge in [0, 0.05) is 18.9 Å². The fourth-order valence-electron chi connectivity index (χ4n) is 3.58. The molecular formula is C17H22O5. The van der Waals surface area contributed by atoms with E-state index in [1.807, 2.05) is 19.9 Å². The second-order valence-corrected chi connectivity index (χ2v) is 6.74. The summed E-state index contributed by atoms with van der Waals surface area (Å²) in [5.41, 5.74) is 1.24. The van der Waals surface area contributed by atoms with Crippen LogP contribution in [0.3, 0.4) is 0 Å². The molecule has 0 aromatic heterocycles. The predicted octanol–water partition coefficient (Wildman–Crippen LogP) is 2.30. The van der Waals surface area contributed by atoms with E-state index < -0.39 is 12.1 Å². The minimum absolute atomic E-state index is 0.203. The van der Waals surface area contributed by atoms with Crippen molar-refractivity contribution in [1.29, 1.82) is 0 Å². The number of allylic oxidation sites excluding steroid dienone is 1. The van der Waals surface area contributed by atoms with Crippen LogP contribution in [0.1, 0.15) is 40.0 Å². The summed E-state index contributed by atoms with van der Waals surface area (Å²) in [5, 5.41) is 0. The molecule has 1 aliphatic carbocycles. The van der Waals surface area contributed by atoms with Crippen LogP contribution >= 0.6 is 0 Å². The molecule has 0 aromatic carbocycles. The van der Waals surface area contributed by atoms with Gasteiger partial charge >= 0.3 is 11.9 Å². The van der Waals surface area contributed by atoms with E-state index in [1.54, 1.807) is 0 Å². The summed E-state index contributed by atoms with van der Waals surface area (Å²) in [6.07, 6.45) is 3.68. The molecule has 5 heteroatoms. The van der Waals surface area contributed by atoms with Crippen LogP contribution < -0.4 is 0 Å². The Labute approximate surface area is 130 Å². The second-order valence-electron chi connectivity index (χ2n) is 6.74. The summed E-state index contributed by atoms with van der Waals surface area (Å²) < 4.78 is 16.8. The number of rotatable bonds is 1. The lowest BCUT2D eigenvalue weighted by Crippen LogP contribution is -2.35. The summed E-state index contributed by atoms with van der Waals surface area (Å²) in [6.45, 7) is 9.28. The molecule has 0 saturated carbocycles. The average Bonchev–Trinajstić information content (AvgIpc) is 2.96. The third-order valence-electron chi connectivity index (χ3n) is 4.87. The molecule has 0 spiro atoms. The molecule has 0 amide bonds. The van der Waals surface area contributed by atoms with Gasteiger partial charge in [0.1, 0.15) is 12.2 Å². The Morgan fingerprint density at radius 3 is 2.91 bits per heavy atom. The van der Waals surface area contributed by atoms with Crippen LogP contribution in [0.25, 0.3) is 0 Å². The number of hydrogen-bond donors (Lipinski definition) is 0. The first-order valence-corrected chi connectivity index (χ1v) is 7.72. The fourth-order valence-corrected chi connectivity index (χ4v) is 3.58. The monoisotopic (exact) mass is 306 g/mol. The van der Waals surface area contributed by atoms with Gasteiger partial charge in [-0.15, -0.1) is 0 Å². The van der Waals surface area contributed by atoms with Crippen LogP contribution in [-0.4, -0.2) is 35.9 Å². The van der Waals surface area contributed by atoms with Gasteiger partial charge in [-0.2, -0.15) is 0 Å². The highest BCUT2D eigenvalue weighted by Crippen LogP contribution is 2.48. The van der Waals surface area contributed by atoms with Crippen LogP contribution in [0, 0.1) is 5.92 Å². The Hall–Kier alpha value is -1.62. The maximum atomic E-state index is 12.0. The number of ether oxygens (including phenoxy) is 3. The molecule has 120 valence electrons. The quantitative estimate of drug-likeness (QED) is 0.322. The molecule has 5 atom stereocenters. The molecule has 0 N–H and O–H groups in total. The molecule has 2 heterocycles. The summed E-state index contributed by atoms with van der Waals surface area (Å²) in [6, 6.07) is 0. The van der Waals surface area contributed by atoms with Gasteiger partial charge in [-0.25, -0.2) is 4.79 Å². The standard InChI is InChI=1S/C17H22O5/c1-9-5-6-14-17(4,22-14)8-13-15(10(2)16(19)21-13)12(7-9)20-11(3)18/h7,12-15H,2,5-6,8H2,1,3-4H3/b9-7+/t12-,13+,14-,15-,17+/m1/s1. The third-order valence-corrected chi connectivity index (χ3v) is 4.87. The molecule has 2 aliphatic heterocycles. The first kappa shape index (κ1) is 15.3. The molecule has 3 rings (SSSR count). The van der Waals surface area contributed by atoms with E-state index in [1.165, 1.54) is 6.92 Å². The molecule has 22 heavy (non-hydrogen) atoms. The number of hydrogen-bond acceptors (Lipinski definition) is 5. The first-order chi connectivity index (χ1) is 10.3. The van der Waals surface area contributed by atoms with Crippen molar-refractivity contribution in [3.05, 3.63) is 23.8 Å². The number of esters is 2. The Balaban J connectivity index is 1.95. The van der Waals surface area contributed by atoms with Gasteiger partial charge in [0.2, 0.25) is 0 Å². The van der Waals surface area contributed by atoms with Crippen molar-refractivity contribution in [3.8, 4) is 0 Å². The Kier molecular flexibility index (Phi) is 3.63. The van der Waals surface area contributed by atoms with Crippen molar-refractivity contribution in [3.63, 3.8) is 0 Å². The lowest BCUT2D eigenvalue weighted by atomic mass is 9.83. The SMILES string of the molecule is C=C1C(=O)O[C@H]2C[C@]3(C)O[C@@H]3CC/C(C)=C/[C@@H](OC(C)=O)[C@@H]12. The van der Waals surface area contributed by atoms with Crippen molar-refractivity contribution < 1.29 is 23.8 Å². The maximum Gasteiger partial charge on any atom is 0.334 e. The summed E-state index contributed by atoms with van der Waals surface area (Å²) in [7, 11) is 0.